The molecule has 0 amide bonds. The number of ether oxygens (including phenoxy) is 2. The molecule has 0 aromatic heterocycles. The van der Waals surface area contributed by atoms with Crippen molar-refractivity contribution in [3.05, 3.63) is 30.3 Å². The summed E-state index contributed by atoms with van der Waals surface area (Å²) < 4.78 is 21.6. The highest BCUT2D eigenvalue weighted by atomic mass is 32.2. The molecule has 2 atom stereocenters. The summed E-state index contributed by atoms with van der Waals surface area (Å²) in [6.45, 7) is 0. The predicted octanol–water partition coefficient (Wildman–Crippen LogP) is 0.899. The maximum Gasteiger partial charge on any atom is 0.324 e. The molecule has 0 radical (unpaired) electrons. The average molecular weight is 282 g/mol. The second-order valence-electron chi connectivity index (χ2n) is 4.26. The normalized spacial score (nSPS) is 21.3. The number of hydrogen-bond donors (Lipinski definition) is 0. The van der Waals surface area contributed by atoms with Gasteiger partial charge in [0.05, 0.1) is 30.3 Å². The van der Waals surface area contributed by atoms with Crippen LogP contribution in [-0.2, 0) is 29.9 Å². The first-order chi connectivity index (χ1) is 9.07. The van der Waals surface area contributed by atoms with Crippen LogP contribution in [0.3, 0.4) is 0 Å². The zero-order valence-corrected chi connectivity index (χ0v) is 11.4. The third kappa shape index (κ3) is 2.16. The Morgan fingerprint density at radius 1 is 1.16 bits per heavy atom. The Hall–Kier alpha value is -1.69. The van der Waals surface area contributed by atoms with Gasteiger partial charge in [-0.05, 0) is 18.6 Å². The van der Waals surface area contributed by atoms with Crippen molar-refractivity contribution in [1.82, 2.24) is 0 Å². The molecular weight excluding hydrogens is 268 g/mol. The summed E-state index contributed by atoms with van der Waals surface area (Å²) in [7, 11) is 0.965. The van der Waals surface area contributed by atoms with Gasteiger partial charge in [0.25, 0.3) is 0 Å². The summed E-state index contributed by atoms with van der Waals surface area (Å²) in [4.78, 5) is 24.2. The molecule has 0 bridgehead atoms. The van der Waals surface area contributed by atoms with Crippen LogP contribution in [0.4, 0.5) is 0 Å². The van der Waals surface area contributed by atoms with Crippen LogP contribution < -0.4 is 0 Å². The highest BCUT2D eigenvalue weighted by Crippen LogP contribution is 2.52. The van der Waals surface area contributed by atoms with Gasteiger partial charge >= 0.3 is 11.9 Å². The van der Waals surface area contributed by atoms with Crippen molar-refractivity contribution in [1.29, 1.82) is 0 Å². The largest absolute Gasteiger partial charge is 0.468 e. The van der Waals surface area contributed by atoms with E-state index in [-0.39, 0.29) is 6.42 Å². The minimum Gasteiger partial charge on any atom is -0.468 e. The molecule has 19 heavy (non-hydrogen) atoms. The van der Waals surface area contributed by atoms with Gasteiger partial charge in [0.2, 0.25) is 0 Å². The molecule has 1 fully saturated rings. The van der Waals surface area contributed by atoms with Crippen LogP contribution in [0.1, 0.15) is 6.42 Å². The van der Waals surface area contributed by atoms with Crippen LogP contribution >= 0.6 is 0 Å². The molecule has 2 rings (SSSR count). The molecule has 0 aliphatic heterocycles. The fourth-order valence-electron chi connectivity index (χ4n) is 2.09. The summed E-state index contributed by atoms with van der Waals surface area (Å²) in [5.41, 5.74) is -1.41. The molecule has 1 aromatic rings. The Labute approximate surface area is 113 Å². The third-order valence-electron chi connectivity index (χ3n) is 3.23. The molecule has 0 spiro atoms. The van der Waals surface area contributed by atoms with Crippen LogP contribution in [-0.4, -0.2) is 35.6 Å². The van der Waals surface area contributed by atoms with E-state index in [2.05, 4.69) is 9.47 Å². The van der Waals surface area contributed by atoms with Crippen molar-refractivity contribution < 1.29 is 23.3 Å². The SMILES string of the molecule is COC(=O)C1(C(=O)OC)C[C@@H]1[S@@](=O)c1ccccc1. The molecule has 0 unspecified atom stereocenters. The number of methoxy groups -OCH3 is 2. The fraction of sp³-hybridized carbons (Fsp3) is 0.385. The first-order valence-corrected chi connectivity index (χ1v) is 6.91. The number of carbonyl (C=O) groups excluding carboxylic acids is 2. The van der Waals surface area contributed by atoms with Gasteiger partial charge in [-0.1, -0.05) is 18.2 Å². The second-order valence-corrected chi connectivity index (χ2v) is 5.89. The van der Waals surface area contributed by atoms with Crippen molar-refractivity contribution >= 4 is 22.7 Å². The minimum atomic E-state index is -1.44. The lowest BCUT2D eigenvalue weighted by atomic mass is 10.1. The van der Waals surface area contributed by atoms with E-state index in [1.807, 2.05) is 6.07 Å². The molecule has 1 saturated carbocycles. The Morgan fingerprint density at radius 2 is 1.68 bits per heavy atom. The molecule has 6 heteroatoms. The Kier molecular flexibility index (Phi) is 3.71. The molecule has 1 aromatic carbocycles. The van der Waals surface area contributed by atoms with Crippen molar-refractivity contribution in [2.24, 2.45) is 5.41 Å². The number of rotatable bonds is 4. The maximum atomic E-state index is 12.4. The molecule has 5 nitrogen and oxygen atoms in total. The monoisotopic (exact) mass is 282 g/mol. The van der Waals surface area contributed by atoms with E-state index in [1.165, 1.54) is 14.2 Å². The van der Waals surface area contributed by atoms with Crippen LogP contribution in [0.5, 0.6) is 0 Å². The molecule has 0 saturated heterocycles. The Balaban J connectivity index is 2.27. The van der Waals surface area contributed by atoms with Gasteiger partial charge in [-0.25, -0.2) is 0 Å². The van der Waals surface area contributed by atoms with Gasteiger partial charge in [0.1, 0.15) is 0 Å². The quantitative estimate of drug-likeness (QED) is 0.606. The van der Waals surface area contributed by atoms with Gasteiger partial charge in [0.15, 0.2) is 5.41 Å². The van der Waals surface area contributed by atoms with E-state index >= 15 is 0 Å². The molecule has 0 N–H and O–H groups in total. The number of esters is 2. The standard InChI is InChI=1S/C13H14O5S/c1-17-11(14)13(12(15)18-2)8-10(13)19(16)9-6-4-3-5-7-9/h3-7,10H,8H2,1-2H3/t10-,19-/m0/s1. The van der Waals surface area contributed by atoms with E-state index < -0.39 is 33.4 Å². The van der Waals surface area contributed by atoms with Gasteiger partial charge in [-0.3, -0.25) is 13.8 Å². The van der Waals surface area contributed by atoms with Crippen molar-refractivity contribution in [3.63, 3.8) is 0 Å². The van der Waals surface area contributed by atoms with E-state index in [0.717, 1.165) is 0 Å². The van der Waals surface area contributed by atoms with Gasteiger partial charge in [-0.2, -0.15) is 0 Å². The predicted molar refractivity (Wildman–Crippen MR) is 67.7 cm³/mol. The smallest absolute Gasteiger partial charge is 0.324 e. The van der Waals surface area contributed by atoms with Crippen LogP contribution in [0, 0.1) is 5.41 Å². The Morgan fingerprint density at radius 3 is 2.16 bits per heavy atom. The third-order valence-corrected chi connectivity index (χ3v) is 5.05. The zero-order valence-electron chi connectivity index (χ0n) is 10.6. The lowest BCUT2D eigenvalue weighted by molar-refractivity contribution is -0.161. The average Bonchev–Trinajstić information content (AvgIpc) is 3.22. The van der Waals surface area contributed by atoms with Crippen molar-refractivity contribution in [3.8, 4) is 0 Å². The van der Waals surface area contributed by atoms with Crippen LogP contribution in [0.15, 0.2) is 35.2 Å². The summed E-state index contributed by atoms with van der Waals surface area (Å²) in [6, 6.07) is 8.73. The fourth-order valence-corrected chi connectivity index (χ4v) is 3.81. The van der Waals surface area contributed by atoms with Gasteiger partial charge in [-0.15, -0.1) is 0 Å². The number of hydrogen-bond acceptors (Lipinski definition) is 5. The minimum absolute atomic E-state index is 0.188. The molecule has 1 aliphatic carbocycles. The highest BCUT2D eigenvalue weighted by molar-refractivity contribution is 7.86. The highest BCUT2D eigenvalue weighted by Gasteiger charge is 2.70. The summed E-state index contributed by atoms with van der Waals surface area (Å²) in [6.07, 6.45) is 0.188. The lowest BCUT2D eigenvalue weighted by Crippen LogP contribution is -2.32. The van der Waals surface area contributed by atoms with E-state index in [9.17, 15) is 13.8 Å². The van der Waals surface area contributed by atoms with E-state index in [0.29, 0.717) is 4.90 Å². The summed E-state index contributed by atoms with van der Waals surface area (Å²) in [5.74, 6) is -1.37. The summed E-state index contributed by atoms with van der Waals surface area (Å²) in [5, 5.41) is -0.588. The first kappa shape index (κ1) is 13.7. The Bertz CT molecular complexity index is 509. The number of benzene rings is 1. The van der Waals surface area contributed by atoms with E-state index in [1.54, 1.807) is 24.3 Å². The molecule has 1 aliphatic rings. The van der Waals surface area contributed by atoms with E-state index in [4.69, 9.17) is 0 Å². The molecule has 102 valence electrons. The van der Waals surface area contributed by atoms with Crippen molar-refractivity contribution in [2.75, 3.05) is 14.2 Å². The molecular formula is C13H14O5S. The first-order valence-electron chi connectivity index (χ1n) is 5.70. The van der Waals surface area contributed by atoms with Crippen LogP contribution in [0.2, 0.25) is 0 Å². The van der Waals surface area contributed by atoms with Crippen molar-refractivity contribution in [2.45, 2.75) is 16.6 Å². The van der Waals surface area contributed by atoms with Crippen LogP contribution in [0.25, 0.3) is 0 Å². The topological polar surface area (TPSA) is 69.7 Å². The zero-order chi connectivity index (χ0) is 14.0. The summed E-state index contributed by atoms with van der Waals surface area (Å²) >= 11 is 0. The lowest BCUT2D eigenvalue weighted by Gasteiger charge is -2.12. The molecule has 0 heterocycles. The maximum absolute atomic E-state index is 12.4. The second kappa shape index (κ2) is 5.13. The van der Waals surface area contributed by atoms with Gasteiger partial charge in [0, 0.05) is 4.90 Å². The number of carbonyl (C=O) groups is 2. The van der Waals surface area contributed by atoms with Gasteiger partial charge < -0.3 is 9.47 Å².